The fourth-order valence-corrected chi connectivity index (χ4v) is 2.06. The third-order valence-corrected chi connectivity index (χ3v) is 3.16. The van der Waals surface area contributed by atoms with Gasteiger partial charge in [0.2, 0.25) is 0 Å². The summed E-state index contributed by atoms with van der Waals surface area (Å²) in [5.41, 5.74) is 0. The largest absolute Gasteiger partial charge is 0.300 e. The Balaban J connectivity index is 0. The molecule has 2 aliphatic carbocycles. The second-order valence-electron chi connectivity index (χ2n) is 5.78. The van der Waals surface area contributed by atoms with Crippen molar-refractivity contribution in [1.82, 2.24) is 0 Å². The van der Waals surface area contributed by atoms with Crippen molar-refractivity contribution in [1.29, 1.82) is 0 Å². The smallest absolute Gasteiger partial charge is 0.137 e. The van der Waals surface area contributed by atoms with Gasteiger partial charge in [-0.2, -0.15) is 0 Å². The zero-order chi connectivity index (χ0) is 17.2. The standard InChI is InChI=1S/2C8H12.C5H8O2.Rh/c2*1-2-4-6-8-7-5-3-1;1-4(6)3-5(2)7;/h2*1-2,7-8H,3-6H2;3H2,1-2H3;. The van der Waals surface area contributed by atoms with Crippen molar-refractivity contribution in [2.24, 2.45) is 0 Å². The maximum atomic E-state index is 10.0. The molecule has 0 saturated heterocycles. The molecule has 0 unspecified atom stereocenters. The SMILES string of the molecule is CC(=O)CC(C)=O.[CH]1[CH]CC[CH][CH]CC1.[CH]1[CH]CC[CH][CH]CC1.[Rh]. The van der Waals surface area contributed by atoms with Crippen molar-refractivity contribution in [2.45, 2.75) is 71.6 Å². The van der Waals surface area contributed by atoms with Crippen LogP contribution in [0.5, 0.6) is 0 Å². The van der Waals surface area contributed by atoms with Crippen LogP contribution < -0.4 is 0 Å². The Morgan fingerprint density at radius 2 is 0.708 bits per heavy atom. The van der Waals surface area contributed by atoms with E-state index in [9.17, 15) is 9.59 Å². The fourth-order valence-electron chi connectivity index (χ4n) is 2.06. The van der Waals surface area contributed by atoms with E-state index in [2.05, 4.69) is 51.4 Å². The van der Waals surface area contributed by atoms with E-state index in [1.807, 2.05) is 0 Å². The molecule has 2 fully saturated rings. The van der Waals surface area contributed by atoms with Crippen molar-refractivity contribution >= 4 is 11.6 Å². The van der Waals surface area contributed by atoms with E-state index in [1.54, 1.807) is 0 Å². The quantitative estimate of drug-likeness (QED) is 0.449. The van der Waals surface area contributed by atoms with Gasteiger partial charge >= 0.3 is 0 Å². The molecule has 0 aromatic rings. The Morgan fingerprint density at radius 1 is 0.542 bits per heavy atom. The van der Waals surface area contributed by atoms with Crippen molar-refractivity contribution in [3.8, 4) is 0 Å². The van der Waals surface area contributed by atoms with Crippen molar-refractivity contribution in [2.75, 3.05) is 0 Å². The predicted octanol–water partition coefficient (Wildman–Crippen LogP) is 5.31. The third kappa shape index (κ3) is 24.2. The number of ketones is 2. The van der Waals surface area contributed by atoms with Crippen molar-refractivity contribution in [3.05, 3.63) is 51.4 Å². The number of rotatable bonds is 2. The van der Waals surface area contributed by atoms with E-state index < -0.39 is 0 Å². The first-order valence-corrected chi connectivity index (χ1v) is 8.71. The molecule has 0 amide bonds. The minimum atomic E-state index is -0.0625. The number of Topliss-reactive ketones (excluding diaryl/α,β-unsaturated/α-hetero) is 2. The molecule has 24 heavy (non-hydrogen) atoms. The first kappa shape index (κ1) is 26.2. The molecule has 0 spiro atoms. The number of hydrogen-bond acceptors (Lipinski definition) is 2. The zero-order valence-electron chi connectivity index (χ0n) is 15.1. The van der Waals surface area contributed by atoms with Gasteiger partial charge in [-0.25, -0.2) is 0 Å². The Hall–Kier alpha value is -0.0366. The molecule has 0 heterocycles. The molecular formula is C21H32O2Rh. The number of carbonyl (C=O) groups is 2. The molecule has 0 bridgehead atoms. The Kier molecular flexibility index (Phi) is 22.9. The van der Waals surface area contributed by atoms with Gasteiger partial charge in [0.25, 0.3) is 0 Å². The van der Waals surface area contributed by atoms with E-state index in [0.29, 0.717) is 0 Å². The van der Waals surface area contributed by atoms with Crippen LogP contribution in [0.1, 0.15) is 71.6 Å². The number of carbonyl (C=O) groups excluding carboxylic acids is 2. The Labute approximate surface area is 163 Å². The van der Waals surface area contributed by atoms with Gasteiger partial charge in [0, 0.05) is 19.5 Å². The number of hydrogen-bond donors (Lipinski definition) is 0. The summed E-state index contributed by atoms with van der Waals surface area (Å²) in [5.74, 6) is -0.125. The van der Waals surface area contributed by atoms with Crippen molar-refractivity contribution < 1.29 is 29.1 Å². The molecule has 2 aliphatic rings. The molecule has 0 aromatic heterocycles. The van der Waals surface area contributed by atoms with E-state index in [1.165, 1.54) is 65.2 Å². The van der Waals surface area contributed by atoms with Gasteiger partial charge in [0.1, 0.15) is 11.6 Å². The molecular weight excluding hydrogens is 387 g/mol. The summed E-state index contributed by atoms with van der Waals surface area (Å²) in [6.45, 7) is 2.81. The first-order chi connectivity index (χ1) is 11.1. The van der Waals surface area contributed by atoms with E-state index in [4.69, 9.17) is 0 Å². The predicted molar refractivity (Wildman–Crippen MR) is 97.3 cm³/mol. The second-order valence-corrected chi connectivity index (χ2v) is 5.78. The van der Waals surface area contributed by atoms with E-state index in [-0.39, 0.29) is 37.5 Å². The van der Waals surface area contributed by atoms with Crippen LogP contribution in [-0.4, -0.2) is 11.6 Å². The van der Waals surface area contributed by atoms with Crippen LogP contribution in [0.3, 0.4) is 0 Å². The molecule has 2 rings (SSSR count). The van der Waals surface area contributed by atoms with Crippen LogP contribution in [0.15, 0.2) is 0 Å². The summed E-state index contributed by atoms with van der Waals surface area (Å²) in [7, 11) is 0. The maximum absolute atomic E-state index is 10.0. The summed E-state index contributed by atoms with van der Waals surface area (Å²) in [6.07, 6.45) is 28.1. The molecule has 0 aromatic carbocycles. The summed E-state index contributed by atoms with van der Waals surface area (Å²) >= 11 is 0. The van der Waals surface area contributed by atoms with E-state index in [0.717, 1.165) is 0 Å². The molecule has 2 nitrogen and oxygen atoms in total. The van der Waals surface area contributed by atoms with Gasteiger partial charge in [-0.15, -0.1) is 0 Å². The van der Waals surface area contributed by atoms with Crippen LogP contribution in [-0.2, 0) is 29.1 Å². The Morgan fingerprint density at radius 3 is 0.792 bits per heavy atom. The van der Waals surface area contributed by atoms with Gasteiger partial charge in [-0.05, 0) is 117 Å². The summed E-state index contributed by atoms with van der Waals surface area (Å²) in [4.78, 5) is 20.1. The molecule has 0 N–H and O–H groups in total. The monoisotopic (exact) mass is 419 g/mol. The second kappa shape index (κ2) is 21.0. The van der Waals surface area contributed by atoms with Gasteiger partial charge in [0.05, 0.1) is 6.42 Å². The third-order valence-electron chi connectivity index (χ3n) is 3.16. The minimum Gasteiger partial charge on any atom is -0.300 e. The van der Waals surface area contributed by atoms with Crippen LogP contribution in [0.4, 0.5) is 0 Å². The minimum absolute atomic E-state index is 0. The van der Waals surface area contributed by atoms with Gasteiger partial charge in [-0.3, -0.25) is 9.59 Å². The first-order valence-electron chi connectivity index (χ1n) is 8.71. The zero-order valence-corrected chi connectivity index (χ0v) is 16.8. The van der Waals surface area contributed by atoms with Crippen LogP contribution in [0.25, 0.3) is 0 Å². The molecule has 0 atom stereocenters. The summed E-state index contributed by atoms with van der Waals surface area (Å²) in [6, 6.07) is 0. The van der Waals surface area contributed by atoms with Crippen molar-refractivity contribution in [3.63, 3.8) is 0 Å². The van der Waals surface area contributed by atoms with Crippen LogP contribution in [0.2, 0.25) is 0 Å². The average molecular weight is 419 g/mol. The molecule has 137 valence electrons. The van der Waals surface area contributed by atoms with Crippen LogP contribution in [0, 0.1) is 51.4 Å². The molecule has 9 radical (unpaired) electrons. The Bertz CT molecular complexity index is 214. The topological polar surface area (TPSA) is 34.1 Å². The normalized spacial score (nSPS) is 18.4. The van der Waals surface area contributed by atoms with Gasteiger partial charge in [0.15, 0.2) is 0 Å². The van der Waals surface area contributed by atoms with E-state index >= 15 is 0 Å². The average Bonchev–Trinajstić information content (AvgIpc) is 2.36. The summed E-state index contributed by atoms with van der Waals surface area (Å²) < 4.78 is 0. The van der Waals surface area contributed by atoms with Gasteiger partial charge in [-0.1, -0.05) is 0 Å². The van der Waals surface area contributed by atoms with Gasteiger partial charge < -0.3 is 0 Å². The van der Waals surface area contributed by atoms with Crippen LogP contribution >= 0.6 is 0 Å². The molecule has 0 aliphatic heterocycles. The fraction of sp³-hybridized carbons (Fsp3) is 0.524. The molecule has 3 heteroatoms. The maximum Gasteiger partial charge on any atom is 0.137 e. The molecule has 2 saturated carbocycles. The summed E-state index contributed by atoms with van der Waals surface area (Å²) in [5, 5.41) is 0.